The highest BCUT2D eigenvalue weighted by molar-refractivity contribution is 8.00. The van der Waals surface area contributed by atoms with Gasteiger partial charge in [-0.2, -0.15) is 11.8 Å². The lowest BCUT2D eigenvalue weighted by Crippen LogP contribution is -2.61. The molecule has 0 spiro atoms. The molecule has 4 atom stereocenters. The summed E-state index contributed by atoms with van der Waals surface area (Å²) in [5.74, 6) is -1.72. The number of hydrogen-bond acceptors (Lipinski definition) is 8. The molecule has 0 aliphatic carbocycles. The van der Waals surface area contributed by atoms with Gasteiger partial charge in [0.1, 0.15) is 12.3 Å². The van der Waals surface area contributed by atoms with Gasteiger partial charge in [-0.25, -0.2) is 9.59 Å². The minimum Gasteiger partial charge on any atom is -0.477 e. The number of non-ortho nitro benzene ring substituents is 1. The number of β-lactam (4-membered cyclic amide) rings is 1. The maximum atomic E-state index is 12.2. The lowest BCUT2D eigenvalue weighted by Gasteiger charge is -2.44. The fraction of sp³-hybridized carbons (Fsp3) is 0.476. The summed E-state index contributed by atoms with van der Waals surface area (Å²) in [6.45, 7) is 3.65. The average Bonchev–Trinajstić information content (AvgIpc) is 3.09. The lowest BCUT2D eigenvalue weighted by molar-refractivity contribution is -0.384. The van der Waals surface area contributed by atoms with Crippen molar-refractivity contribution in [2.75, 3.05) is 12.3 Å². The number of aliphatic hydroxyl groups excluding tert-OH is 1. The van der Waals surface area contributed by atoms with Crippen LogP contribution in [0.4, 0.5) is 10.5 Å². The number of fused-ring (bicyclic) bond motifs is 1. The highest BCUT2D eigenvalue weighted by Gasteiger charge is 2.56. The average molecular weight is 480 g/mol. The molecule has 0 aromatic heterocycles. The molecule has 1 saturated heterocycles. The number of amides is 2. The van der Waals surface area contributed by atoms with E-state index in [-0.39, 0.29) is 41.7 Å². The van der Waals surface area contributed by atoms with Gasteiger partial charge in [0.15, 0.2) is 0 Å². The maximum absolute atomic E-state index is 12.2. The van der Waals surface area contributed by atoms with Crippen LogP contribution in [0.25, 0.3) is 0 Å². The Morgan fingerprint density at radius 1 is 1.33 bits per heavy atom. The van der Waals surface area contributed by atoms with Gasteiger partial charge in [-0.3, -0.25) is 14.9 Å². The number of carbonyl (C=O) groups is 3. The zero-order valence-electron chi connectivity index (χ0n) is 18.1. The molecular formula is C21H25N3O8S. The van der Waals surface area contributed by atoms with Gasteiger partial charge in [-0.15, -0.1) is 0 Å². The van der Waals surface area contributed by atoms with Crippen LogP contribution in [0.15, 0.2) is 35.5 Å². The number of rotatable bonds is 10. The van der Waals surface area contributed by atoms with E-state index in [2.05, 4.69) is 5.32 Å². The summed E-state index contributed by atoms with van der Waals surface area (Å²) >= 11 is 1.44. The Balaban J connectivity index is 1.44. The number of benzene rings is 1. The lowest BCUT2D eigenvalue weighted by atomic mass is 9.83. The first kappa shape index (κ1) is 24.5. The number of nitrogens with zero attached hydrogens (tertiary/aromatic N) is 2. The van der Waals surface area contributed by atoms with Gasteiger partial charge >= 0.3 is 12.1 Å². The summed E-state index contributed by atoms with van der Waals surface area (Å²) < 4.78 is 5.10. The molecule has 1 aromatic carbocycles. The standard InChI is InChI=1S/C21H25N3O8S/c1-11(8-22-21(29)32-9-13-3-5-15(6-4-13)24(30)31)33-10-14-7-16-17(12(2)25)19(26)23(16)18(14)20(27)28/h3-6,11-12,16-17,25H,7-10H2,1-2H3,(H,22,29)(H,27,28)/t11-,12-,16-,17-/m1/s1. The van der Waals surface area contributed by atoms with Crippen molar-refractivity contribution in [2.45, 2.75) is 44.3 Å². The third kappa shape index (κ3) is 5.45. The summed E-state index contributed by atoms with van der Waals surface area (Å²) in [5.41, 5.74) is 1.20. The number of carbonyl (C=O) groups excluding carboxylic acids is 2. The number of nitro benzene ring substituents is 1. The van der Waals surface area contributed by atoms with Gasteiger partial charge in [0.25, 0.3) is 5.69 Å². The predicted molar refractivity (Wildman–Crippen MR) is 118 cm³/mol. The van der Waals surface area contributed by atoms with Gasteiger partial charge in [-0.05, 0) is 36.6 Å². The number of carboxylic acid groups (broad SMARTS) is 1. The van der Waals surface area contributed by atoms with E-state index >= 15 is 0 Å². The second-order valence-electron chi connectivity index (χ2n) is 8.01. The maximum Gasteiger partial charge on any atom is 0.407 e. The van der Waals surface area contributed by atoms with Crippen LogP contribution in [0.1, 0.15) is 25.8 Å². The Hall–Kier alpha value is -3.12. The van der Waals surface area contributed by atoms with Gasteiger partial charge in [0.2, 0.25) is 5.91 Å². The molecule has 1 aromatic rings. The Kier molecular flexibility index (Phi) is 7.59. The summed E-state index contributed by atoms with van der Waals surface area (Å²) in [7, 11) is 0. The van der Waals surface area contributed by atoms with Crippen LogP contribution in [0, 0.1) is 16.0 Å². The fourth-order valence-electron chi connectivity index (χ4n) is 3.93. The Morgan fingerprint density at radius 2 is 2.00 bits per heavy atom. The highest BCUT2D eigenvalue weighted by atomic mass is 32.2. The molecular weight excluding hydrogens is 454 g/mol. The monoisotopic (exact) mass is 479 g/mol. The summed E-state index contributed by atoms with van der Waals surface area (Å²) in [5, 5.41) is 32.6. The van der Waals surface area contributed by atoms with Gasteiger partial charge < -0.3 is 25.2 Å². The van der Waals surface area contributed by atoms with Crippen LogP contribution < -0.4 is 5.32 Å². The van der Waals surface area contributed by atoms with E-state index in [1.165, 1.54) is 47.9 Å². The number of aliphatic carboxylic acids is 1. The second-order valence-corrected chi connectivity index (χ2v) is 9.43. The normalized spacial score (nSPS) is 21.2. The first-order chi connectivity index (χ1) is 15.6. The number of carboxylic acids is 1. The molecule has 2 amide bonds. The first-order valence-corrected chi connectivity index (χ1v) is 11.4. The minimum absolute atomic E-state index is 0.00272. The van der Waals surface area contributed by atoms with E-state index in [9.17, 15) is 34.7 Å². The quantitative estimate of drug-likeness (QED) is 0.259. The highest BCUT2D eigenvalue weighted by Crippen LogP contribution is 2.44. The smallest absolute Gasteiger partial charge is 0.407 e. The molecule has 2 aliphatic rings. The van der Waals surface area contributed by atoms with Crippen molar-refractivity contribution in [1.29, 1.82) is 0 Å². The predicted octanol–water partition coefficient (Wildman–Crippen LogP) is 1.89. The van der Waals surface area contributed by atoms with Crippen molar-refractivity contribution in [2.24, 2.45) is 5.92 Å². The molecule has 0 radical (unpaired) electrons. The molecule has 11 nitrogen and oxygen atoms in total. The Bertz CT molecular complexity index is 978. The number of thioether (sulfide) groups is 1. The van der Waals surface area contributed by atoms with Crippen LogP contribution in [0.5, 0.6) is 0 Å². The van der Waals surface area contributed by atoms with Crippen LogP contribution in [0.3, 0.4) is 0 Å². The fourth-order valence-corrected chi connectivity index (χ4v) is 4.87. The van der Waals surface area contributed by atoms with Crippen molar-refractivity contribution in [1.82, 2.24) is 10.2 Å². The summed E-state index contributed by atoms with van der Waals surface area (Å²) in [6.07, 6.45) is -1.06. The molecule has 0 saturated carbocycles. The number of nitro groups is 1. The molecule has 1 fully saturated rings. The molecule has 178 valence electrons. The van der Waals surface area contributed by atoms with Crippen LogP contribution in [-0.4, -0.2) is 67.7 Å². The number of hydrogen-bond donors (Lipinski definition) is 3. The van der Waals surface area contributed by atoms with E-state index in [4.69, 9.17) is 4.74 Å². The number of ether oxygens (including phenoxy) is 1. The summed E-state index contributed by atoms with van der Waals surface area (Å²) in [4.78, 5) is 47.3. The Labute approximate surface area is 193 Å². The molecule has 0 unspecified atom stereocenters. The third-order valence-electron chi connectivity index (χ3n) is 5.62. The van der Waals surface area contributed by atoms with Crippen molar-refractivity contribution >= 4 is 35.4 Å². The third-order valence-corrected chi connectivity index (χ3v) is 6.87. The van der Waals surface area contributed by atoms with Crippen molar-refractivity contribution in [3.8, 4) is 0 Å². The second kappa shape index (κ2) is 10.2. The SMILES string of the molecule is C[C@H](CNC(=O)OCc1ccc([N+](=O)[O-])cc1)SCC1=C(C(=O)O)N2C(=O)[C@H]([C@@H](C)O)[C@H]2C1. The molecule has 3 rings (SSSR count). The molecule has 33 heavy (non-hydrogen) atoms. The number of nitrogens with one attached hydrogen (secondary N) is 1. The van der Waals surface area contributed by atoms with Crippen molar-refractivity contribution < 1.29 is 34.3 Å². The molecule has 2 aliphatic heterocycles. The molecule has 0 bridgehead atoms. The van der Waals surface area contributed by atoms with E-state index in [0.29, 0.717) is 23.3 Å². The summed E-state index contributed by atoms with van der Waals surface area (Å²) in [6, 6.07) is 5.36. The van der Waals surface area contributed by atoms with Gasteiger partial charge in [-0.1, -0.05) is 6.92 Å². The van der Waals surface area contributed by atoms with E-state index in [1.807, 2.05) is 6.92 Å². The minimum atomic E-state index is -1.16. The molecule has 12 heteroatoms. The van der Waals surface area contributed by atoms with E-state index in [0.717, 1.165) is 0 Å². The largest absolute Gasteiger partial charge is 0.477 e. The van der Waals surface area contributed by atoms with E-state index in [1.54, 1.807) is 0 Å². The molecule has 3 N–H and O–H groups in total. The zero-order chi connectivity index (χ0) is 24.3. The number of alkyl carbamates (subject to hydrolysis) is 1. The molecule has 2 heterocycles. The van der Waals surface area contributed by atoms with E-state index < -0.39 is 29.0 Å². The topological polar surface area (TPSA) is 159 Å². The van der Waals surface area contributed by atoms with Crippen LogP contribution in [0.2, 0.25) is 0 Å². The van der Waals surface area contributed by atoms with Gasteiger partial charge in [0, 0.05) is 29.7 Å². The van der Waals surface area contributed by atoms with Gasteiger partial charge in [0.05, 0.1) is 23.0 Å². The first-order valence-electron chi connectivity index (χ1n) is 10.3. The van der Waals surface area contributed by atoms with Crippen LogP contribution in [-0.2, 0) is 20.9 Å². The van der Waals surface area contributed by atoms with Crippen molar-refractivity contribution in [3.63, 3.8) is 0 Å². The van der Waals surface area contributed by atoms with Crippen molar-refractivity contribution in [3.05, 3.63) is 51.2 Å². The zero-order valence-corrected chi connectivity index (χ0v) is 18.9. The Morgan fingerprint density at radius 3 is 2.58 bits per heavy atom. The number of aliphatic hydroxyl groups is 1. The van der Waals surface area contributed by atoms with Crippen LogP contribution >= 0.6 is 11.8 Å².